The summed E-state index contributed by atoms with van der Waals surface area (Å²) in [6, 6.07) is 2.08. The Kier molecular flexibility index (Phi) is 8.68. The summed E-state index contributed by atoms with van der Waals surface area (Å²) in [7, 11) is -1.74. The van der Waals surface area contributed by atoms with Gasteiger partial charge in [-0.15, -0.1) is 35.3 Å². The molecule has 0 aliphatic heterocycles. The summed E-state index contributed by atoms with van der Waals surface area (Å²) in [5.74, 6) is 0.695. The lowest BCUT2D eigenvalue weighted by Crippen LogP contribution is -2.45. The molecule has 0 atom stereocenters. The number of rotatable bonds is 6. The highest BCUT2D eigenvalue weighted by molar-refractivity contribution is 14.0. The van der Waals surface area contributed by atoms with E-state index in [1.165, 1.54) is 11.3 Å². The average molecular weight is 484 g/mol. The van der Waals surface area contributed by atoms with Gasteiger partial charge in [-0.1, -0.05) is 12.2 Å². The van der Waals surface area contributed by atoms with Gasteiger partial charge in [0.2, 0.25) is 10.0 Å². The van der Waals surface area contributed by atoms with E-state index >= 15 is 0 Å². The minimum Gasteiger partial charge on any atom is -0.355 e. The van der Waals surface area contributed by atoms with E-state index in [-0.39, 0.29) is 24.0 Å². The third kappa shape index (κ3) is 6.01. The van der Waals surface area contributed by atoms with Gasteiger partial charge >= 0.3 is 0 Å². The van der Waals surface area contributed by atoms with E-state index in [1.807, 2.05) is 13.8 Å². The Morgan fingerprint density at radius 3 is 2.50 bits per heavy atom. The maximum absolute atomic E-state index is 12.3. The summed E-state index contributed by atoms with van der Waals surface area (Å²) < 4.78 is 27.2. The topological polar surface area (TPSA) is 82.6 Å². The first-order valence-corrected chi connectivity index (χ1v) is 9.91. The number of hydrogen-bond acceptors (Lipinski definition) is 4. The second kappa shape index (κ2) is 9.73. The van der Waals surface area contributed by atoms with Gasteiger partial charge in [0.1, 0.15) is 0 Å². The molecule has 136 valence electrons. The highest BCUT2D eigenvalue weighted by Gasteiger charge is 2.18. The van der Waals surface area contributed by atoms with Crippen LogP contribution in [0.4, 0.5) is 0 Å². The van der Waals surface area contributed by atoms with Crippen LogP contribution in [0.5, 0.6) is 0 Å². The normalized spacial score (nSPS) is 15.4. The molecule has 3 N–H and O–H groups in total. The van der Waals surface area contributed by atoms with Gasteiger partial charge in [0.15, 0.2) is 5.96 Å². The third-order valence-electron chi connectivity index (χ3n) is 3.57. The average Bonchev–Trinajstić information content (AvgIpc) is 3.11. The van der Waals surface area contributed by atoms with Crippen molar-refractivity contribution in [3.05, 3.63) is 28.0 Å². The van der Waals surface area contributed by atoms with E-state index in [0.29, 0.717) is 30.0 Å². The van der Waals surface area contributed by atoms with E-state index in [0.717, 1.165) is 22.6 Å². The fourth-order valence-electron chi connectivity index (χ4n) is 2.44. The molecule has 0 aromatic carbocycles. The Bertz CT molecular complexity index is 690. The van der Waals surface area contributed by atoms with Gasteiger partial charge in [0, 0.05) is 35.9 Å². The van der Waals surface area contributed by atoms with Crippen LogP contribution in [0.3, 0.4) is 0 Å². The molecule has 6 nitrogen and oxygen atoms in total. The second-order valence-corrected chi connectivity index (χ2v) is 8.65. The maximum atomic E-state index is 12.3. The number of nitrogens with one attached hydrogen (secondary N) is 3. The molecular weight excluding hydrogens is 459 g/mol. The van der Waals surface area contributed by atoms with Crippen molar-refractivity contribution >= 4 is 51.3 Å². The second-order valence-electron chi connectivity index (χ2n) is 5.46. The van der Waals surface area contributed by atoms with Gasteiger partial charge < -0.3 is 10.6 Å². The first-order valence-electron chi connectivity index (χ1n) is 7.61. The first-order chi connectivity index (χ1) is 10.9. The molecular formula is C15H25IN4O2S2. The van der Waals surface area contributed by atoms with Crippen LogP contribution in [0.2, 0.25) is 0 Å². The van der Waals surface area contributed by atoms with Crippen molar-refractivity contribution in [2.24, 2.45) is 4.99 Å². The van der Waals surface area contributed by atoms with Crippen LogP contribution in [0.1, 0.15) is 22.6 Å². The standard InChI is InChI=1S/C15H24N4O2S2.HI/c1-11-10-14(12(2)22-11)23(20,21)18-9-8-17-15(16-3)19-13-6-4-5-7-13;/h4-5,10,13,18H,6-9H2,1-3H3,(H2,16,17,19);1H. The molecule has 1 aromatic rings. The quantitative estimate of drug-likeness (QED) is 0.190. The minimum atomic E-state index is -3.45. The number of nitrogens with zero attached hydrogens (tertiary/aromatic N) is 1. The van der Waals surface area contributed by atoms with Crippen LogP contribution >= 0.6 is 35.3 Å². The number of hydrogen-bond donors (Lipinski definition) is 3. The SMILES string of the molecule is CN=C(NCCNS(=O)(=O)c1cc(C)sc1C)NC1CC=CC1.I. The maximum Gasteiger partial charge on any atom is 0.241 e. The van der Waals surface area contributed by atoms with Gasteiger partial charge in [0.25, 0.3) is 0 Å². The highest BCUT2D eigenvalue weighted by Crippen LogP contribution is 2.24. The molecule has 0 spiro atoms. The van der Waals surface area contributed by atoms with Crippen molar-refractivity contribution in [2.75, 3.05) is 20.1 Å². The third-order valence-corrected chi connectivity index (χ3v) is 6.25. The number of halogens is 1. The molecule has 0 amide bonds. The Hall–Kier alpha value is -0.650. The lowest BCUT2D eigenvalue weighted by Gasteiger charge is -2.17. The zero-order chi connectivity index (χ0) is 16.9. The van der Waals surface area contributed by atoms with Crippen LogP contribution in [-0.2, 0) is 10.0 Å². The fourth-order valence-corrected chi connectivity index (χ4v) is 5.03. The van der Waals surface area contributed by atoms with Crippen molar-refractivity contribution in [1.82, 2.24) is 15.4 Å². The molecule has 24 heavy (non-hydrogen) atoms. The van der Waals surface area contributed by atoms with E-state index < -0.39 is 10.0 Å². The van der Waals surface area contributed by atoms with Crippen LogP contribution in [-0.4, -0.2) is 40.6 Å². The molecule has 1 aliphatic rings. The smallest absolute Gasteiger partial charge is 0.241 e. The number of sulfonamides is 1. The fraction of sp³-hybridized carbons (Fsp3) is 0.533. The summed E-state index contributed by atoms with van der Waals surface area (Å²) in [6.07, 6.45) is 6.27. The summed E-state index contributed by atoms with van der Waals surface area (Å²) in [5.41, 5.74) is 0. The number of thiophene rings is 1. The van der Waals surface area contributed by atoms with E-state index in [2.05, 4.69) is 32.5 Å². The van der Waals surface area contributed by atoms with Crippen molar-refractivity contribution in [2.45, 2.75) is 37.6 Å². The van der Waals surface area contributed by atoms with Crippen LogP contribution < -0.4 is 15.4 Å². The molecule has 0 bridgehead atoms. The zero-order valence-electron chi connectivity index (χ0n) is 14.1. The summed E-state index contributed by atoms with van der Waals surface area (Å²) in [5, 5.41) is 6.44. The molecule has 1 aromatic heterocycles. The predicted octanol–water partition coefficient (Wildman–Crippen LogP) is 2.14. The summed E-state index contributed by atoms with van der Waals surface area (Å²) >= 11 is 1.49. The summed E-state index contributed by atoms with van der Waals surface area (Å²) in [6.45, 7) is 4.51. The van der Waals surface area contributed by atoms with E-state index in [4.69, 9.17) is 0 Å². The Morgan fingerprint density at radius 1 is 1.29 bits per heavy atom. The van der Waals surface area contributed by atoms with Crippen LogP contribution in [0.25, 0.3) is 0 Å². The van der Waals surface area contributed by atoms with Crippen molar-refractivity contribution in [3.8, 4) is 0 Å². The van der Waals surface area contributed by atoms with Crippen molar-refractivity contribution < 1.29 is 8.42 Å². The van der Waals surface area contributed by atoms with Crippen molar-refractivity contribution in [3.63, 3.8) is 0 Å². The molecule has 1 aliphatic carbocycles. The molecule has 0 unspecified atom stereocenters. The molecule has 0 radical (unpaired) electrons. The number of aryl methyl sites for hydroxylation is 2. The van der Waals surface area contributed by atoms with E-state index in [9.17, 15) is 8.42 Å². The molecule has 0 saturated heterocycles. The van der Waals surface area contributed by atoms with Gasteiger partial charge in [-0.25, -0.2) is 13.1 Å². The number of aliphatic imine (C=N–C) groups is 1. The van der Waals surface area contributed by atoms with E-state index in [1.54, 1.807) is 13.1 Å². The van der Waals surface area contributed by atoms with Crippen molar-refractivity contribution in [1.29, 1.82) is 0 Å². The predicted molar refractivity (Wildman–Crippen MR) is 111 cm³/mol. The lowest BCUT2D eigenvalue weighted by atomic mass is 10.2. The zero-order valence-corrected chi connectivity index (χ0v) is 18.1. The summed E-state index contributed by atoms with van der Waals surface area (Å²) in [4.78, 5) is 6.34. The monoisotopic (exact) mass is 484 g/mol. The van der Waals surface area contributed by atoms with Crippen LogP contribution in [0.15, 0.2) is 28.1 Å². The lowest BCUT2D eigenvalue weighted by molar-refractivity contribution is 0.579. The van der Waals surface area contributed by atoms with Gasteiger partial charge in [-0.05, 0) is 32.8 Å². The first kappa shape index (κ1) is 21.4. The van der Waals surface area contributed by atoms with Crippen LogP contribution in [0, 0.1) is 13.8 Å². The van der Waals surface area contributed by atoms with Gasteiger partial charge in [-0.3, -0.25) is 4.99 Å². The Labute approximate surface area is 165 Å². The molecule has 0 saturated carbocycles. The van der Waals surface area contributed by atoms with Gasteiger partial charge in [-0.2, -0.15) is 0 Å². The largest absolute Gasteiger partial charge is 0.355 e. The molecule has 2 rings (SSSR count). The Morgan fingerprint density at radius 2 is 1.96 bits per heavy atom. The Balaban J connectivity index is 0.00000288. The molecule has 0 fully saturated rings. The van der Waals surface area contributed by atoms with Gasteiger partial charge in [0.05, 0.1) is 4.90 Å². The highest BCUT2D eigenvalue weighted by atomic mass is 127. The number of guanidine groups is 1. The minimum absolute atomic E-state index is 0. The molecule has 9 heteroatoms. The molecule has 1 heterocycles.